The van der Waals surface area contributed by atoms with E-state index in [2.05, 4.69) is 10.6 Å². The molecule has 0 unspecified atom stereocenters. The monoisotopic (exact) mass is 322 g/mol. The van der Waals surface area contributed by atoms with Crippen LogP contribution >= 0.6 is 11.3 Å². The van der Waals surface area contributed by atoms with Crippen molar-refractivity contribution in [3.63, 3.8) is 0 Å². The number of carbonyl (C=O) groups is 2. The number of anilines is 1. The Bertz CT molecular complexity index is 572. The summed E-state index contributed by atoms with van der Waals surface area (Å²) in [5, 5.41) is 16.2. The van der Waals surface area contributed by atoms with Gasteiger partial charge < -0.3 is 15.7 Å². The minimum atomic E-state index is -0.221. The highest BCUT2D eigenvalue weighted by Crippen LogP contribution is 2.33. The maximum atomic E-state index is 12.4. The molecule has 0 spiro atoms. The van der Waals surface area contributed by atoms with Crippen LogP contribution < -0.4 is 10.6 Å². The first-order valence-electron chi connectivity index (χ1n) is 7.93. The van der Waals surface area contributed by atoms with E-state index in [0.29, 0.717) is 4.88 Å². The molecule has 1 aromatic heterocycles. The lowest BCUT2D eigenvalue weighted by molar-refractivity contribution is -0.117. The van der Waals surface area contributed by atoms with Crippen LogP contribution in [-0.2, 0) is 4.79 Å². The summed E-state index contributed by atoms with van der Waals surface area (Å²) in [4.78, 5) is 24.8. The third kappa shape index (κ3) is 3.67. The van der Waals surface area contributed by atoms with Crippen LogP contribution in [0.4, 0.5) is 5.00 Å². The highest BCUT2D eigenvalue weighted by molar-refractivity contribution is 7.18. The molecule has 2 amide bonds. The molecule has 0 aliphatic heterocycles. The number of aryl methyl sites for hydroxylation is 1. The lowest BCUT2D eigenvalue weighted by Crippen LogP contribution is -2.38. The molecule has 120 valence electrons. The van der Waals surface area contributed by atoms with Crippen molar-refractivity contribution in [1.82, 2.24) is 5.32 Å². The number of carbonyl (C=O) groups excluding carboxylic acids is 2. The van der Waals surface area contributed by atoms with E-state index in [4.69, 9.17) is 0 Å². The molecule has 2 saturated carbocycles. The topological polar surface area (TPSA) is 78.4 Å². The average Bonchev–Trinajstić information content (AvgIpc) is 3.26. The molecule has 5 nitrogen and oxygen atoms in total. The van der Waals surface area contributed by atoms with Gasteiger partial charge in [0.2, 0.25) is 5.91 Å². The first-order valence-corrected chi connectivity index (χ1v) is 8.75. The maximum Gasteiger partial charge on any atom is 0.261 e. The second-order valence-corrected chi connectivity index (χ2v) is 7.42. The van der Waals surface area contributed by atoms with Gasteiger partial charge in [0.05, 0.1) is 16.0 Å². The Kier molecular flexibility index (Phi) is 4.49. The zero-order chi connectivity index (χ0) is 15.7. The van der Waals surface area contributed by atoms with Gasteiger partial charge in [-0.3, -0.25) is 9.59 Å². The molecule has 2 aliphatic rings. The fourth-order valence-electron chi connectivity index (χ4n) is 2.81. The van der Waals surface area contributed by atoms with Crippen LogP contribution in [0.5, 0.6) is 0 Å². The van der Waals surface area contributed by atoms with Gasteiger partial charge in [0.25, 0.3) is 5.91 Å². The fraction of sp³-hybridized carbons (Fsp3) is 0.625. The Hall–Kier alpha value is -1.40. The number of aliphatic hydroxyl groups is 1. The Morgan fingerprint density at radius 3 is 2.50 bits per heavy atom. The maximum absolute atomic E-state index is 12.4. The fourth-order valence-corrected chi connectivity index (χ4v) is 3.79. The Balaban J connectivity index is 1.59. The van der Waals surface area contributed by atoms with Crippen LogP contribution in [-0.4, -0.2) is 29.1 Å². The van der Waals surface area contributed by atoms with Gasteiger partial charge in [0, 0.05) is 12.0 Å². The lowest BCUT2D eigenvalue weighted by atomic mass is 9.93. The molecule has 1 heterocycles. The first-order chi connectivity index (χ1) is 10.5. The van der Waals surface area contributed by atoms with Crippen molar-refractivity contribution in [3.8, 4) is 0 Å². The summed E-state index contributed by atoms with van der Waals surface area (Å²) in [5.74, 6) is 0.152. The standard InChI is InChI=1S/C16H22N2O3S/c1-9-8-13(18-15(20)10-2-3-10)22-14(9)16(21)17-11-4-6-12(19)7-5-11/h8,10-12,19H,2-7H2,1H3,(H,17,21)(H,18,20). The van der Waals surface area contributed by atoms with E-state index in [0.717, 1.165) is 49.1 Å². The second-order valence-electron chi connectivity index (χ2n) is 6.37. The zero-order valence-electron chi connectivity index (χ0n) is 12.7. The molecule has 0 bridgehead atoms. The van der Waals surface area contributed by atoms with Crippen molar-refractivity contribution >= 4 is 28.2 Å². The highest BCUT2D eigenvalue weighted by Gasteiger charge is 2.30. The number of aliphatic hydroxyl groups excluding tert-OH is 1. The Morgan fingerprint density at radius 2 is 1.86 bits per heavy atom. The molecule has 0 atom stereocenters. The highest BCUT2D eigenvalue weighted by atomic mass is 32.1. The summed E-state index contributed by atoms with van der Waals surface area (Å²) in [7, 11) is 0. The van der Waals surface area contributed by atoms with Gasteiger partial charge in [0.1, 0.15) is 0 Å². The molecule has 22 heavy (non-hydrogen) atoms. The van der Waals surface area contributed by atoms with Gasteiger partial charge in [-0.15, -0.1) is 11.3 Å². The van der Waals surface area contributed by atoms with E-state index in [1.54, 1.807) is 0 Å². The quantitative estimate of drug-likeness (QED) is 0.796. The van der Waals surface area contributed by atoms with Crippen molar-refractivity contribution in [2.24, 2.45) is 5.92 Å². The molecule has 2 aliphatic carbocycles. The molecule has 3 N–H and O–H groups in total. The van der Waals surface area contributed by atoms with Crippen molar-refractivity contribution in [2.75, 3.05) is 5.32 Å². The van der Waals surface area contributed by atoms with E-state index >= 15 is 0 Å². The normalized spacial score (nSPS) is 24.8. The predicted molar refractivity (Wildman–Crippen MR) is 86.1 cm³/mol. The van der Waals surface area contributed by atoms with E-state index in [9.17, 15) is 14.7 Å². The summed E-state index contributed by atoms with van der Waals surface area (Å²) in [6.45, 7) is 1.89. The Morgan fingerprint density at radius 1 is 1.18 bits per heavy atom. The van der Waals surface area contributed by atoms with Crippen LogP contribution in [0.25, 0.3) is 0 Å². The summed E-state index contributed by atoms with van der Waals surface area (Å²) >= 11 is 1.34. The van der Waals surface area contributed by atoms with Crippen molar-refractivity contribution in [1.29, 1.82) is 0 Å². The zero-order valence-corrected chi connectivity index (χ0v) is 13.5. The molecule has 0 radical (unpaired) electrons. The van der Waals surface area contributed by atoms with Crippen LogP contribution in [0.3, 0.4) is 0 Å². The predicted octanol–water partition coefficient (Wildman–Crippen LogP) is 2.44. The SMILES string of the molecule is Cc1cc(NC(=O)C2CC2)sc1C(=O)NC1CCC(O)CC1. The molecular weight excluding hydrogens is 300 g/mol. The molecule has 0 aromatic carbocycles. The van der Waals surface area contributed by atoms with Gasteiger partial charge in [-0.25, -0.2) is 0 Å². The largest absolute Gasteiger partial charge is 0.393 e. The molecule has 0 saturated heterocycles. The minimum absolute atomic E-state index is 0.0643. The molecule has 3 rings (SSSR count). The summed E-state index contributed by atoms with van der Waals surface area (Å²) < 4.78 is 0. The van der Waals surface area contributed by atoms with Gasteiger partial charge in [0.15, 0.2) is 0 Å². The Labute approximate surface area is 134 Å². The average molecular weight is 322 g/mol. The molecular formula is C16H22N2O3S. The number of hydrogen-bond acceptors (Lipinski definition) is 4. The van der Waals surface area contributed by atoms with Gasteiger partial charge in [-0.1, -0.05) is 0 Å². The molecule has 1 aromatic rings. The van der Waals surface area contributed by atoms with Crippen LogP contribution in [0.2, 0.25) is 0 Å². The third-order valence-electron chi connectivity index (χ3n) is 4.35. The van der Waals surface area contributed by atoms with Crippen molar-refractivity contribution < 1.29 is 14.7 Å². The number of nitrogens with one attached hydrogen (secondary N) is 2. The van der Waals surface area contributed by atoms with Crippen LogP contribution in [0.15, 0.2) is 6.07 Å². The number of hydrogen-bond donors (Lipinski definition) is 3. The van der Waals surface area contributed by atoms with E-state index in [1.165, 1.54) is 11.3 Å². The minimum Gasteiger partial charge on any atom is -0.393 e. The molecule has 6 heteroatoms. The summed E-state index contributed by atoms with van der Waals surface area (Å²) in [6.07, 6.45) is 4.86. The number of rotatable bonds is 4. The van der Waals surface area contributed by atoms with Gasteiger partial charge >= 0.3 is 0 Å². The van der Waals surface area contributed by atoms with Crippen molar-refractivity contribution in [2.45, 2.75) is 57.6 Å². The first kappa shape index (κ1) is 15.5. The number of thiophene rings is 1. The van der Waals surface area contributed by atoms with E-state index in [1.807, 2.05) is 13.0 Å². The molecule has 2 fully saturated rings. The van der Waals surface area contributed by atoms with Gasteiger partial charge in [-0.05, 0) is 57.1 Å². The van der Waals surface area contributed by atoms with Crippen LogP contribution in [0, 0.1) is 12.8 Å². The van der Waals surface area contributed by atoms with Gasteiger partial charge in [-0.2, -0.15) is 0 Å². The second kappa shape index (κ2) is 6.38. The number of amides is 2. The lowest BCUT2D eigenvalue weighted by Gasteiger charge is -2.26. The summed E-state index contributed by atoms with van der Waals surface area (Å²) in [6, 6.07) is 2.01. The summed E-state index contributed by atoms with van der Waals surface area (Å²) in [5.41, 5.74) is 0.893. The van der Waals surface area contributed by atoms with Crippen molar-refractivity contribution in [3.05, 3.63) is 16.5 Å². The van der Waals surface area contributed by atoms with Crippen LogP contribution in [0.1, 0.15) is 53.8 Å². The third-order valence-corrected chi connectivity index (χ3v) is 5.50. The van der Waals surface area contributed by atoms with E-state index in [-0.39, 0.29) is 29.9 Å². The smallest absolute Gasteiger partial charge is 0.261 e. The van der Waals surface area contributed by atoms with E-state index < -0.39 is 0 Å².